The molecule has 1 aliphatic heterocycles. The highest BCUT2D eigenvalue weighted by atomic mass is 19.1. The summed E-state index contributed by atoms with van der Waals surface area (Å²) in [5, 5.41) is 13.2. The molecule has 1 aliphatic rings. The van der Waals surface area contributed by atoms with Gasteiger partial charge in [0.2, 0.25) is 0 Å². The smallest absolute Gasteiger partial charge is 0.196 e. The lowest BCUT2D eigenvalue weighted by Gasteiger charge is -2.25. The standard InChI is InChI=1S/C13H18FNO2/c1-8-10(9-4-3-5-15-7-9)6-11(14)13(17-2)12(8)16/h6,9,15-16H,3-5,7H2,1-2H3. The summed E-state index contributed by atoms with van der Waals surface area (Å²) in [5.41, 5.74) is 1.60. The average molecular weight is 239 g/mol. The molecule has 1 aromatic rings. The Bertz CT molecular complexity index is 414. The highest BCUT2D eigenvalue weighted by Gasteiger charge is 2.22. The van der Waals surface area contributed by atoms with E-state index in [2.05, 4.69) is 5.32 Å². The lowest BCUT2D eigenvalue weighted by atomic mass is 9.88. The van der Waals surface area contributed by atoms with Gasteiger partial charge in [0.1, 0.15) is 0 Å². The first-order valence-electron chi connectivity index (χ1n) is 5.91. The van der Waals surface area contributed by atoms with E-state index in [9.17, 15) is 9.50 Å². The van der Waals surface area contributed by atoms with E-state index in [-0.39, 0.29) is 17.4 Å². The number of phenolic OH excluding ortho intramolecular Hbond substituents is 1. The summed E-state index contributed by atoms with van der Waals surface area (Å²) in [6, 6.07) is 1.49. The van der Waals surface area contributed by atoms with Crippen molar-refractivity contribution in [3.8, 4) is 11.5 Å². The maximum absolute atomic E-state index is 13.7. The minimum atomic E-state index is -0.490. The monoisotopic (exact) mass is 239 g/mol. The fourth-order valence-electron chi connectivity index (χ4n) is 2.47. The normalized spacial score (nSPS) is 20.3. The molecule has 1 saturated heterocycles. The van der Waals surface area contributed by atoms with Gasteiger partial charge in [-0.2, -0.15) is 0 Å². The van der Waals surface area contributed by atoms with Gasteiger partial charge >= 0.3 is 0 Å². The summed E-state index contributed by atoms with van der Waals surface area (Å²) in [4.78, 5) is 0. The van der Waals surface area contributed by atoms with Gasteiger partial charge in [-0.15, -0.1) is 0 Å². The maximum atomic E-state index is 13.7. The second-order valence-electron chi connectivity index (χ2n) is 4.50. The van der Waals surface area contributed by atoms with Gasteiger partial charge in [0, 0.05) is 6.54 Å². The van der Waals surface area contributed by atoms with E-state index in [4.69, 9.17) is 4.74 Å². The van der Waals surface area contributed by atoms with Crippen LogP contribution in [0.4, 0.5) is 4.39 Å². The van der Waals surface area contributed by atoms with Crippen molar-refractivity contribution >= 4 is 0 Å². The van der Waals surface area contributed by atoms with E-state index < -0.39 is 5.82 Å². The number of hydrogen-bond donors (Lipinski definition) is 2. The Labute approximate surface area is 101 Å². The number of aromatic hydroxyl groups is 1. The van der Waals surface area contributed by atoms with E-state index in [1.807, 2.05) is 0 Å². The molecule has 0 amide bonds. The summed E-state index contributed by atoms with van der Waals surface area (Å²) in [6.45, 7) is 3.66. The van der Waals surface area contributed by atoms with Crippen LogP contribution in [0.2, 0.25) is 0 Å². The molecule has 0 saturated carbocycles. The summed E-state index contributed by atoms with van der Waals surface area (Å²) in [7, 11) is 1.36. The number of ether oxygens (including phenoxy) is 1. The van der Waals surface area contributed by atoms with Crippen LogP contribution in [-0.2, 0) is 0 Å². The topological polar surface area (TPSA) is 41.5 Å². The third kappa shape index (κ3) is 2.22. The summed E-state index contributed by atoms with van der Waals surface area (Å²) in [6.07, 6.45) is 2.11. The van der Waals surface area contributed by atoms with Crippen LogP contribution in [0.25, 0.3) is 0 Å². The molecule has 4 heteroatoms. The number of hydrogen-bond acceptors (Lipinski definition) is 3. The SMILES string of the molecule is COc1c(F)cc(C2CCCNC2)c(C)c1O. The lowest BCUT2D eigenvalue weighted by Crippen LogP contribution is -2.28. The molecule has 1 aromatic carbocycles. The predicted octanol–water partition coefficient (Wildman–Crippen LogP) is 2.32. The molecule has 94 valence electrons. The number of rotatable bonds is 2. The third-order valence-corrected chi connectivity index (χ3v) is 3.44. The van der Waals surface area contributed by atoms with E-state index in [1.165, 1.54) is 13.2 Å². The van der Waals surface area contributed by atoms with Gasteiger partial charge in [-0.3, -0.25) is 0 Å². The quantitative estimate of drug-likeness (QED) is 0.832. The van der Waals surface area contributed by atoms with Gasteiger partial charge in [0.25, 0.3) is 0 Å². The van der Waals surface area contributed by atoms with E-state index in [0.717, 1.165) is 37.1 Å². The zero-order valence-electron chi connectivity index (χ0n) is 10.2. The molecule has 0 spiro atoms. The Kier molecular flexibility index (Phi) is 3.52. The molecule has 1 atom stereocenters. The molecule has 0 aromatic heterocycles. The largest absolute Gasteiger partial charge is 0.504 e. The van der Waals surface area contributed by atoms with Gasteiger partial charge in [-0.25, -0.2) is 4.39 Å². The summed E-state index contributed by atoms with van der Waals surface area (Å²) < 4.78 is 18.6. The molecular weight excluding hydrogens is 221 g/mol. The summed E-state index contributed by atoms with van der Waals surface area (Å²) >= 11 is 0. The van der Waals surface area contributed by atoms with Crippen LogP contribution in [-0.4, -0.2) is 25.3 Å². The van der Waals surface area contributed by atoms with Crippen molar-refractivity contribution in [1.29, 1.82) is 0 Å². The molecular formula is C13H18FNO2. The second kappa shape index (κ2) is 4.92. The van der Waals surface area contributed by atoms with Crippen LogP contribution in [0.3, 0.4) is 0 Å². The molecule has 0 aliphatic carbocycles. The molecule has 0 radical (unpaired) electrons. The Balaban J connectivity index is 2.40. The maximum Gasteiger partial charge on any atom is 0.196 e. The zero-order valence-corrected chi connectivity index (χ0v) is 10.2. The van der Waals surface area contributed by atoms with Crippen LogP contribution in [0, 0.1) is 12.7 Å². The molecule has 3 nitrogen and oxygen atoms in total. The Morgan fingerprint density at radius 1 is 1.53 bits per heavy atom. The molecule has 17 heavy (non-hydrogen) atoms. The number of halogens is 1. The van der Waals surface area contributed by atoms with Crippen LogP contribution in [0.15, 0.2) is 6.07 Å². The molecule has 1 fully saturated rings. The Morgan fingerprint density at radius 2 is 2.29 bits per heavy atom. The molecule has 2 N–H and O–H groups in total. The number of benzene rings is 1. The van der Waals surface area contributed by atoms with Crippen LogP contribution in [0.1, 0.15) is 29.9 Å². The van der Waals surface area contributed by atoms with Crippen LogP contribution in [0.5, 0.6) is 11.5 Å². The molecule has 0 bridgehead atoms. The van der Waals surface area contributed by atoms with E-state index >= 15 is 0 Å². The number of piperidine rings is 1. The lowest BCUT2D eigenvalue weighted by molar-refractivity contribution is 0.347. The second-order valence-corrected chi connectivity index (χ2v) is 4.50. The predicted molar refractivity (Wildman–Crippen MR) is 64.2 cm³/mol. The number of nitrogens with one attached hydrogen (secondary N) is 1. The van der Waals surface area contributed by atoms with Crippen molar-refractivity contribution in [3.05, 3.63) is 23.0 Å². The number of phenols is 1. The fourth-order valence-corrected chi connectivity index (χ4v) is 2.47. The minimum Gasteiger partial charge on any atom is -0.504 e. The van der Waals surface area contributed by atoms with Gasteiger partial charge < -0.3 is 15.2 Å². The van der Waals surface area contributed by atoms with Gasteiger partial charge in [0.05, 0.1) is 7.11 Å². The van der Waals surface area contributed by atoms with Crippen molar-refractivity contribution in [3.63, 3.8) is 0 Å². The Morgan fingerprint density at radius 3 is 2.88 bits per heavy atom. The number of methoxy groups -OCH3 is 1. The first-order valence-corrected chi connectivity index (χ1v) is 5.91. The first-order chi connectivity index (χ1) is 8.15. The van der Waals surface area contributed by atoms with E-state index in [0.29, 0.717) is 0 Å². The van der Waals surface area contributed by atoms with Crippen LogP contribution >= 0.6 is 0 Å². The highest BCUT2D eigenvalue weighted by molar-refractivity contribution is 5.51. The first kappa shape index (κ1) is 12.2. The van der Waals surface area contributed by atoms with Gasteiger partial charge in [-0.1, -0.05) is 0 Å². The zero-order chi connectivity index (χ0) is 12.4. The van der Waals surface area contributed by atoms with Gasteiger partial charge in [-0.05, 0) is 49.4 Å². The minimum absolute atomic E-state index is 0.0602. The fraction of sp³-hybridized carbons (Fsp3) is 0.538. The average Bonchev–Trinajstić information content (AvgIpc) is 2.35. The van der Waals surface area contributed by atoms with E-state index in [1.54, 1.807) is 6.92 Å². The Hall–Kier alpha value is -1.29. The van der Waals surface area contributed by atoms with Crippen molar-refractivity contribution in [2.24, 2.45) is 0 Å². The third-order valence-electron chi connectivity index (χ3n) is 3.44. The van der Waals surface area contributed by atoms with Crippen molar-refractivity contribution in [2.45, 2.75) is 25.7 Å². The van der Waals surface area contributed by atoms with Crippen LogP contribution < -0.4 is 10.1 Å². The van der Waals surface area contributed by atoms with Gasteiger partial charge in [0.15, 0.2) is 17.3 Å². The highest BCUT2D eigenvalue weighted by Crippen LogP contribution is 2.38. The summed E-state index contributed by atoms with van der Waals surface area (Å²) in [5.74, 6) is -0.352. The molecule has 1 heterocycles. The van der Waals surface area contributed by atoms with Crippen molar-refractivity contribution < 1.29 is 14.2 Å². The van der Waals surface area contributed by atoms with Crippen molar-refractivity contribution in [2.75, 3.05) is 20.2 Å². The van der Waals surface area contributed by atoms with Crippen molar-refractivity contribution in [1.82, 2.24) is 5.32 Å². The molecule has 2 rings (SSSR count). The molecule has 1 unspecified atom stereocenters.